The zero-order valence-electron chi connectivity index (χ0n) is 10.6. The molecule has 2 rings (SSSR count). The molecule has 2 N–H and O–H groups in total. The van der Waals surface area contributed by atoms with Crippen molar-refractivity contribution >= 4 is 16.6 Å². The third-order valence-corrected chi connectivity index (χ3v) is 3.17. The Morgan fingerprint density at radius 1 is 1.29 bits per heavy atom. The maximum Gasteiger partial charge on any atom is 0.0723 e. The number of benzene rings is 1. The van der Waals surface area contributed by atoms with Crippen molar-refractivity contribution in [1.29, 1.82) is 0 Å². The second-order valence-corrected chi connectivity index (χ2v) is 4.56. The van der Waals surface area contributed by atoms with Gasteiger partial charge >= 0.3 is 0 Å². The van der Waals surface area contributed by atoms with Crippen LogP contribution in [0.5, 0.6) is 0 Å². The fraction of sp³-hybridized carbons (Fsp3) is 0.357. The topological polar surface area (TPSA) is 42.1 Å². The molecule has 0 bridgehead atoms. The van der Waals surface area contributed by atoms with Crippen LogP contribution in [0.3, 0.4) is 0 Å². The Balaban J connectivity index is 2.71. The number of hydrogen-bond acceptors (Lipinski definition) is 3. The van der Waals surface area contributed by atoms with Crippen LogP contribution in [0, 0.1) is 0 Å². The normalized spacial score (nSPS) is 11.1. The minimum Gasteiger partial charge on any atom is -0.371 e. The maximum absolute atomic E-state index is 5.81. The van der Waals surface area contributed by atoms with E-state index in [1.165, 1.54) is 11.1 Å². The number of nitrogens with two attached hydrogens (primary N) is 1. The highest BCUT2D eigenvalue weighted by atomic mass is 15.1. The molecule has 17 heavy (non-hydrogen) atoms. The Bertz CT molecular complexity index is 520. The summed E-state index contributed by atoms with van der Waals surface area (Å²) in [5.41, 5.74) is 9.13. The van der Waals surface area contributed by atoms with Crippen LogP contribution in [0.2, 0.25) is 0 Å². The van der Waals surface area contributed by atoms with Gasteiger partial charge in [0.2, 0.25) is 0 Å². The van der Waals surface area contributed by atoms with Crippen molar-refractivity contribution in [1.82, 2.24) is 4.98 Å². The van der Waals surface area contributed by atoms with Gasteiger partial charge in [0.1, 0.15) is 0 Å². The van der Waals surface area contributed by atoms with Gasteiger partial charge in [0, 0.05) is 36.8 Å². The predicted molar refractivity (Wildman–Crippen MR) is 73.2 cm³/mol. The number of hydrogen-bond donors (Lipinski definition) is 1. The Morgan fingerprint density at radius 2 is 2.00 bits per heavy atom. The SMILES string of the molecule is CC(C)N(C)c1c(CN)cnc2ccccc12. The molecule has 1 heterocycles. The largest absolute Gasteiger partial charge is 0.371 e. The fourth-order valence-corrected chi connectivity index (χ4v) is 1.99. The molecule has 0 aliphatic heterocycles. The Hall–Kier alpha value is -1.61. The van der Waals surface area contributed by atoms with Crippen molar-refractivity contribution < 1.29 is 0 Å². The van der Waals surface area contributed by atoms with E-state index in [0.29, 0.717) is 12.6 Å². The summed E-state index contributed by atoms with van der Waals surface area (Å²) in [5.74, 6) is 0. The van der Waals surface area contributed by atoms with Gasteiger partial charge < -0.3 is 10.6 Å². The van der Waals surface area contributed by atoms with Gasteiger partial charge in [0.25, 0.3) is 0 Å². The molecule has 3 nitrogen and oxygen atoms in total. The minimum absolute atomic E-state index is 0.436. The molecule has 1 aromatic carbocycles. The van der Waals surface area contributed by atoms with Gasteiger partial charge in [-0.05, 0) is 19.9 Å². The highest BCUT2D eigenvalue weighted by molar-refractivity contribution is 5.93. The van der Waals surface area contributed by atoms with E-state index in [2.05, 4.69) is 36.8 Å². The second-order valence-electron chi connectivity index (χ2n) is 4.56. The van der Waals surface area contributed by atoms with Crippen molar-refractivity contribution in [3.63, 3.8) is 0 Å². The molecule has 0 unspecified atom stereocenters. The highest BCUT2D eigenvalue weighted by Gasteiger charge is 2.13. The summed E-state index contributed by atoms with van der Waals surface area (Å²) in [6.45, 7) is 4.87. The van der Waals surface area contributed by atoms with Crippen LogP contribution < -0.4 is 10.6 Å². The highest BCUT2D eigenvalue weighted by Crippen LogP contribution is 2.29. The molecule has 0 amide bonds. The lowest BCUT2D eigenvalue weighted by Gasteiger charge is -2.27. The molecule has 0 fully saturated rings. The quantitative estimate of drug-likeness (QED) is 0.879. The van der Waals surface area contributed by atoms with Gasteiger partial charge in [-0.15, -0.1) is 0 Å². The van der Waals surface area contributed by atoms with Gasteiger partial charge in [-0.2, -0.15) is 0 Å². The lowest BCUT2D eigenvalue weighted by Crippen LogP contribution is -2.27. The van der Waals surface area contributed by atoms with Crippen molar-refractivity contribution in [3.8, 4) is 0 Å². The summed E-state index contributed by atoms with van der Waals surface area (Å²) >= 11 is 0. The molecule has 0 saturated heterocycles. The van der Waals surface area contributed by atoms with Crippen molar-refractivity contribution in [3.05, 3.63) is 36.0 Å². The molecular formula is C14H19N3. The average Bonchev–Trinajstić information content (AvgIpc) is 2.36. The smallest absolute Gasteiger partial charge is 0.0723 e. The van der Waals surface area contributed by atoms with Crippen molar-refractivity contribution in [2.24, 2.45) is 5.73 Å². The lowest BCUT2D eigenvalue weighted by molar-refractivity contribution is 0.751. The Labute approximate surface area is 102 Å². The molecule has 3 heteroatoms. The van der Waals surface area contributed by atoms with E-state index in [-0.39, 0.29) is 0 Å². The van der Waals surface area contributed by atoms with Crippen LogP contribution in [-0.2, 0) is 6.54 Å². The molecule has 1 aromatic heterocycles. The number of para-hydroxylation sites is 1. The fourth-order valence-electron chi connectivity index (χ4n) is 1.99. The number of aromatic nitrogens is 1. The third kappa shape index (κ3) is 2.11. The molecule has 2 aromatic rings. The monoisotopic (exact) mass is 229 g/mol. The molecular weight excluding hydrogens is 210 g/mol. The number of pyridine rings is 1. The van der Waals surface area contributed by atoms with E-state index >= 15 is 0 Å². The molecule has 90 valence electrons. The van der Waals surface area contributed by atoms with Crippen LogP contribution in [0.1, 0.15) is 19.4 Å². The first kappa shape index (κ1) is 11.9. The van der Waals surface area contributed by atoms with Crippen LogP contribution >= 0.6 is 0 Å². The van der Waals surface area contributed by atoms with Gasteiger partial charge in [0.05, 0.1) is 11.2 Å². The van der Waals surface area contributed by atoms with Crippen LogP contribution in [0.15, 0.2) is 30.5 Å². The molecule has 0 spiro atoms. The third-order valence-electron chi connectivity index (χ3n) is 3.17. The first-order valence-electron chi connectivity index (χ1n) is 5.94. The van der Waals surface area contributed by atoms with Crippen LogP contribution in [-0.4, -0.2) is 18.1 Å². The predicted octanol–water partition coefficient (Wildman–Crippen LogP) is 2.54. The van der Waals surface area contributed by atoms with E-state index in [4.69, 9.17) is 5.73 Å². The first-order valence-corrected chi connectivity index (χ1v) is 5.94. The van der Waals surface area contributed by atoms with Crippen LogP contribution in [0.25, 0.3) is 10.9 Å². The molecule has 0 saturated carbocycles. The standard InChI is InChI=1S/C14H19N3/c1-10(2)17(3)14-11(8-15)9-16-13-7-5-4-6-12(13)14/h4-7,9-10H,8,15H2,1-3H3. The summed E-state index contributed by atoms with van der Waals surface area (Å²) in [6.07, 6.45) is 1.89. The second kappa shape index (κ2) is 4.72. The zero-order chi connectivity index (χ0) is 12.4. The van der Waals surface area contributed by atoms with Crippen molar-refractivity contribution in [2.45, 2.75) is 26.4 Å². The summed E-state index contributed by atoms with van der Waals surface area (Å²) < 4.78 is 0. The number of rotatable bonds is 3. The first-order chi connectivity index (χ1) is 8.15. The van der Waals surface area contributed by atoms with E-state index < -0.39 is 0 Å². The molecule has 0 aliphatic rings. The lowest BCUT2D eigenvalue weighted by atomic mass is 10.1. The summed E-state index contributed by atoms with van der Waals surface area (Å²) in [7, 11) is 2.10. The average molecular weight is 229 g/mol. The van der Waals surface area contributed by atoms with Gasteiger partial charge in [-0.1, -0.05) is 18.2 Å². The summed E-state index contributed by atoms with van der Waals surface area (Å²) in [6, 6.07) is 8.63. The van der Waals surface area contributed by atoms with Gasteiger partial charge in [0.15, 0.2) is 0 Å². The Kier molecular flexibility index (Phi) is 3.29. The van der Waals surface area contributed by atoms with Crippen molar-refractivity contribution in [2.75, 3.05) is 11.9 Å². The number of nitrogens with zero attached hydrogens (tertiary/aromatic N) is 2. The number of fused-ring (bicyclic) bond motifs is 1. The van der Waals surface area contributed by atoms with E-state index in [1.807, 2.05) is 24.4 Å². The van der Waals surface area contributed by atoms with E-state index in [1.54, 1.807) is 0 Å². The molecule has 0 atom stereocenters. The molecule has 0 aliphatic carbocycles. The summed E-state index contributed by atoms with van der Waals surface area (Å²) in [5, 5.41) is 1.17. The van der Waals surface area contributed by atoms with Crippen LogP contribution in [0.4, 0.5) is 5.69 Å². The van der Waals surface area contributed by atoms with E-state index in [0.717, 1.165) is 11.1 Å². The minimum atomic E-state index is 0.436. The van der Waals surface area contributed by atoms with Gasteiger partial charge in [-0.3, -0.25) is 4.98 Å². The molecule has 0 radical (unpaired) electrons. The maximum atomic E-state index is 5.81. The van der Waals surface area contributed by atoms with E-state index in [9.17, 15) is 0 Å². The summed E-state index contributed by atoms with van der Waals surface area (Å²) in [4.78, 5) is 6.70. The van der Waals surface area contributed by atoms with Gasteiger partial charge in [-0.25, -0.2) is 0 Å². The Morgan fingerprint density at radius 3 is 2.65 bits per heavy atom. The number of anilines is 1. The zero-order valence-corrected chi connectivity index (χ0v) is 10.6.